The summed E-state index contributed by atoms with van der Waals surface area (Å²) in [6, 6.07) is 0. The van der Waals surface area contributed by atoms with Gasteiger partial charge in [-0.05, 0) is 6.42 Å². The Labute approximate surface area is 119 Å². The highest BCUT2D eigenvalue weighted by molar-refractivity contribution is 5.79. The van der Waals surface area contributed by atoms with Crippen molar-refractivity contribution >= 4 is 5.91 Å². The maximum Gasteiger partial charge on any atom is 0.223 e. The van der Waals surface area contributed by atoms with Crippen LogP contribution in [0.15, 0.2) is 12.5 Å². The number of ether oxygens (including phenoxy) is 1. The van der Waals surface area contributed by atoms with Crippen molar-refractivity contribution in [2.24, 2.45) is 5.92 Å². The van der Waals surface area contributed by atoms with E-state index in [2.05, 4.69) is 19.8 Å². The van der Waals surface area contributed by atoms with E-state index in [-0.39, 0.29) is 11.8 Å². The highest BCUT2D eigenvalue weighted by atomic mass is 16.5. The third-order valence-electron chi connectivity index (χ3n) is 4.17. The van der Waals surface area contributed by atoms with Gasteiger partial charge in [0.15, 0.2) is 0 Å². The summed E-state index contributed by atoms with van der Waals surface area (Å²) in [6.07, 6.45) is 5.44. The molecule has 6 heteroatoms. The number of aromatic nitrogens is 2. The van der Waals surface area contributed by atoms with Crippen LogP contribution in [-0.2, 0) is 22.5 Å². The van der Waals surface area contributed by atoms with E-state index < -0.39 is 0 Å². The maximum absolute atomic E-state index is 12.2. The molecule has 2 aliphatic rings. The summed E-state index contributed by atoms with van der Waals surface area (Å²) in [4.78, 5) is 18.7. The monoisotopic (exact) mass is 278 g/mol. The lowest BCUT2D eigenvalue weighted by Gasteiger charge is -2.27. The van der Waals surface area contributed by atoms with Crippen molar-refractivity contribution < 1.29 is 9.53 Å². The standard InChI is InChI=1S/C14H22N4O2/c19-14(16-2-4-17-5-7-20-8-6-17)12-1-3-18-11-15-10-13(18)9-12/h10-12H,1-9H2,(H,16,19). The number of imidazole rings is 1. The molecule has 1 aromatic heterocycles. The number of nitrogens with zero attached hydrogens (tertiary/aromatic N) is 3. The molecule has 0 saturated carbocycles. The van der Waals surface area contributed by atoms with Gasteiger partial charge in [-0.1, -0.05) is 0 Å². The molecule has 0 bridgehead atoms. The molecule has 0 radical (unpaired) electrons. The zero-order valence-electron chi connectivity index (χ0n) is 11.8. The Morgan fingerprint density at radius 1 is 1.40 bits per heavy atom. The Morgan fingerprint density at radius 2 is 2.25 bits per heavy atom. The fourth-order valence-electron chi connectivity index (χ4n) is 2.90. The average molecular weight is 278 g/mol. The number of carbonyl (C=O) groups is 1. The Balaban J connectivity index is 1.41. The highest BCUT2D eigenvalue weighted by Crippen LogP contribution is 2.19. The molecule has 3 heterocycles. The van der Waals surface area contributed by atoms with Gasteiger partial charge < -0.3 is 14.6 Å². The van der Waals surface area contributed by atoms with Crippen LogP contribution in [0.3, 0.4) is 0 Å². The van der Waals surface area contributed by atoms with Gasteiger partial charge in [0.2, 0.25) is 5.91 Å². The van der Waals surface area contributed by atoms with Crippen LogP contribution in [0.1, 0.15) is 12.1 Å². The molecule has 1 amide bonds. The molecule has 2 aliphatic heterocycles. The Morgan fingerprint density at radius 3 is 3.10 bits per heavy atom. The molecule has 3 rings (SSSR count). The molecule has 110 valence electrons. The van der Waals surface area contributed by atoms with Gasteiger partial charge in [-0.2, -0.15) is 0 Å². The van der Waals surface area contributed by atoms with Crippen molar-refractivity contribution in [1.29, 1.82) is 0 Å². The Bertz CT molecular complexity index is 454. The zero-order valence-corrected chi connectivity index (χ0v) is 11.8. The van der Waals surface area contributed by atoms with Crippen molar-refractivity contribution in [3.63, 3.8) is 0 Å². The van der Waals surface area contributed by atoms with Crippen molar-refractivity contribution in [2.75, 3.05) is 39.4 Å². The molecule has 1 N–H and O–H groups in total. The average Bonchev–Trinajstić information content (AvgIpc) is 2.95. The molecule has 1 saturated heterocycles. The van der Waals surface area contributed by atoms with Gasteiger partial charge in [0.25, 0.3) is 0 Å². The number of hydrogen-bond donors (Lipinski definition) is 1. The molecule has 0 aromatic carbocycles. The molecule has 1 atom stereocenters. The van der Waals surface area contributed by atoms with Crippen LogP contribution in [-0.4, -0.2) is 59.8 Å². The Hall–Kier alpha value is -1.40. The van der Waals surface area contributed by atoms with E-state index in [1.807, 2.05) is 12.5 Å². The third kappa shape index (κ3) is 3.19. The van der Waals surface area contributed by atoms with E-state index in [1.165, 1.54) is 5.69 Å². The number of hydrogen-bond acceptors (Lipinski definition) is 4. The van der Waals surface area contributed by atoms with Crippen LogP contribution in [0.4, 0.5) is 0 Å². The summed E-state index contributed by atoms with van der Waals surface area (Å²) >= 11 is 0. The molecule has 6 nitrogen and oxygen atoms in total. The second-order valence-electron chi connectivity index (χ2n) is 5.51. The van der Waals surface area contributed by atoms with Gasteiger partial charge in [0, 0.05) is 57.0 Å². The summed E-state index contributed by atoms with van der Waals surface area (Å²) in [7, 11) is 0. The van der Waals surface area contributed by atoms with Gasteiger partial charge in [0.1, 0.15) is 0 Å². The number of fused-ring (bicyclic) bond motifs is 1. The van der Waals surface area contributed by atoms with Gasteiger partial charge >= 0.3 is 0 Å². The van der Waals surface area contributed by atoms with Gasteiger partial charge in [-0.3, -0.25) is 9.69 Å². The van der Waals surface area contributed by atoms with E-state index in [9.17, 15) is 4.79 Å². The molecular weight excluding hydrogens is 256 g/mol. The Kier molecular flexibility index (Phi) is 4.32. The first kappa shape index (κ1) is 13.6. The minimum absolute atomic E-state index is 0.101. The largest absolute Gasteiger partial charge is 0.379 e. The normalized spacial score (nSPS) is 23.3. The van der Waals surface area contributed by atoms with Gasteiger partial charge in [0.05, 0.1) is 19.5 Å². The molecule has 1 fully saturated rings. The summed E-state index contributed by atoms with van der Waals surface area (Å²) < 4.78 is 7.45. The summed E-state index contributed by atoms with van der Waals surface area (Å²) in [5, 5.41) is 3.07. The molecule has 1 unspecified atom stereocenters. The third-order valence-corrected chi connectivity index (χ3v) is 4.17. The molecule has 0 spiro atoms. The first-order valence-corrected chi connectivity index (χ1v) is 7.40. The molecule has 0 aliphatic carbocycles. The summed E-state index contributed by atoms with van der Waals surface area (Å²) in [5.41, 5.74) is 1.17. The van der Waals surface area contributed by atoms with Crippen LogP contribution in [0.2, 0.25) is 0 Å². The number of rotatable bonds is 4. The topological polar surface area (TPSA) is 59.4 Å². The number of morpholine rings is 1. The molecule has 1 aromatic rings. The first-order valence-electron chi connectivity index (χ1n) is 7.40. The van der Waals surface area contributed by atoms with E-state index in [0.29, 0.717) is 0 Å². The lowest BCUT2D eigenvalue weighted by atomic mass is 9.95. The SMILES string of the molecule is O=C(NCCN1CCOCC1)C1CCn2cncc2C1. The first-order chi connectivity index (χ1) is 9.83. The maximum atomic E-state index is 12.2. The summed E-state index contributed by atoms with van der Waals surface area (Å²) in [6.45, 7) is 6.10. The van der Waals surface area contributed by atoms with Gasteiger partial charge in [-0.15, -0.1) is 0 Å². The predicted octanol–water partition coefficient (Wildman–Crippen LogP) is -0.106. The number of aryl methyl sites for hydroxylation is 1. The van der Waals surface area contributed by atoms with Gasteiger partial charge in [-0.25, -0.2) is 4.98 Å². The fraction of sp³-hybridized carbons (Fsp3) is 0.714. The predicted molar refractivity (Wildman–Crippen MR) is 74.3 cm³/mol. The van der Waals surface area contributed by atoms with E-state index in [1.54, 1.807) is 0 Å². The van der Waals surface area contributed by atoms with Crippen LogP contribution in [0.25, 0.3) is 0 Å². The number of amides is 1. The molecular formula is C14H22N4O2. The quantitative estimate of drug-likeness (QED) is 0.835. The second-order valence-corrected chi connectivity index (χ2v) is 5.51. The van der Waals surface area contributed by atoms with Crippen molar-refractivity contribution in [2.45, 2.75) is 19.4 Å². The minimum atomic E-state index is 0.101. The van der Waals surface area contributed by atoms with Crippen LogP contribution in [0.5, 0.6) is 0 Å². The minimum Gasteiger partial charge on any atom is -0.379 e. The highest BCUT2D eigenvalue weighted by Gasteiger charge is 2.24. The lowest BCUT2D eigenvalue weighted by Crippen LogP contribution is -2.43. The van der Waals surface area contributed by atoms with E-state index >= 15 is 0 Å². The second kappa shape index (κ2) is 6.37. The van der Waals surface area contributed by atoms with Crippen molar-refractivity contribution in [3.05, 3.63) is 18.2 Å². The van der Waals surface area contributed by atoms with E-state index in [0.717, 1.165) is 58.8 Å². The smallest absolute Gasteiger partial charge is 0.223 e. The van der Waals surface area contributed by atoms with E-state index in [4.69, 9.17) is 4.74 Å². The van der Waals surface area contributed by atoms with Crippen molar-refractivity contribution in [3.8, 4) is 0 Å². The lowest BCUT2D eigenvalue weighted by molar-refractivity contribution is -0.125. The summed E-state index contributed by atoms with van der Waals surface area (Å²) in [5.74, 6) is 0.287. The number of carbonyl (C=O) groups excluding carboxylic acids is 1. The fourth-order valence-corrected chi connectivity index (χ4v) is 2.90. The number of nitrogens with one attached hydrogen (secondary N) is 1. The van der Waals surface area contributed by atoms with Crippen LogP contribution < -0.4 is 5.32 Å². The molecule has 20 heavy (non-hydrogen) atoms. The van der Waals surface area contributed by atoms with Crippen molar-refractivity contribution in [1.82, 2.24) is 19.8 Å². The van der Waals surface area contributed by atoms with Crippen LogP contribution in [0, 0.1) is 5.92 Å². The zero-order chi connectivity index (χ0) is 13.8. The van der Waals surface area contributed by atoms with Crippen LogP contribution >= 0.6 is 0 Å².